The van der Waals surface area contributed by atoms with E-state index in [4.69, 9.17) is 9.47 Å². The van der Waals surface area contributed by atoms with Gasteiger partial charge >= 0.3 is 5.97 Å². The predicted octanol–water partition coefficient (Wildman–Crippen LogP) is 12.6. The van der Waals surface area contributed by atoms with E-state index in [1.54, 1.807) is 0 Å². The summed E-state index contributed by atoms with van der Waals surface area (Å²) in [4.78, 5) is 12.2. The minimum Gasteiger partial charge on any atom is -0.457 e. The fraction of sp³-hybridized carbons (Fsp3) is 0.698. The van der Waals surface area contributed by atoms with Crippen LogP contribution in [0.25, 0.3) is 0 Å². The van der Waals surface area contributed by atoms with Crippen LogP contribution >= 0.6 is 0 Å². The van der Waals surface area contributed by atoms with Crippen molar-refractivity contribution < 1.29 is 19.4 Å². The second-order valence-electron chi connectivity index (χ2n) is 12.6. The van der Waals surface area contributed by atoms with E-state index in [1.165, 1.54) is 83.5 Å². The van der Waals surface area contributed by atoms with Gasteiger partial charge in [0.15, 0.2) is 0 Å². The van der Waals surface area contributed by atoms with E-state index in [9.17, 15) is 9.90 Å². The van der Waals surface area contributed by atoms with Crippen LogP contribution in [0, 0.1) is 0 Å². The summed E-state index contributed by atoms with van der Waals surface area (Å²) in [5, 5.41) is 9.57. The van der Waals surface area contributed by atoms with Crippen LogP contribution in [0.2, 0.25) is 0 Å². The quantitative estimate of drug-likeness (QED) is 0.0420. The zero-order valence-electron chi connectivity index (χ0n) is 30.8. The van der Waals surface area contributed by atoms with Gasteiger partial charge in [0.25, 0.3) is 0 Å². The lowest BCUT2D eigenvalue weighted by Gasteiger charge is -2.15. The fourth-order valence-corrected chi connectivity index (χ4v) is 5.11. The average molecular weight is 655 g/mol. The van der Waals surface area contributed by atoms with Crippen molar-refractivity contribution in [2.45, 2.75) is 174 Å². The maximum atomic E-state index is 12.2. The third kappa shape index (κ3) is 38.2. The molecule has 0 fully saturated rings. The molecule has 1 atom stereocenters. The maximum Gasteiger partial charge on any atom is 0.306 e. The number of hydrogen-bond acceptors (Lipinski definition) is 4. The maximum absolute atomic E-state index is 12.2. The lowest BCUT2D eigenvalue weighted by molar-refractivity contribution is -0.154. The van der Waals surface area contributed by atoms with E-state index in [-0.39, 0.29) is 19.2 Å². The first-order valence-corrected chi connectivity index (χ1v) is 19.5. The number of allylic oxidation sites excluding steroid dienone is 12. The van der Waals surface area contributed by atoms with Gasteiger partial charge in [-0.3, -0.25) is 4.79 Å². The molecule has 4 nitrogen and oxygen atoms in total. The molecular formula is C43H74O4. The van der Waals surface area contributed by atoms with Crippen molar-refractivity contribution in [1.82, 2.24) is 0 Å². The molecule has 0 aliphatic carbocycles. The predicted molar refractivity (Wildman–Crippen MR) is 205 cm³/mol. The number of ether oxygens (including phenoxy) is 2. The summed E-state index contributed by atoms with van der Waals surface area (Å²) in [6.45, 7) is 5.11. The Morgan fingerprint density at radius 2 is 0.957 bits per heavy atom. The molecule has 270 valence electrons. The van der Waals surface area contributed by atoms with Crippen molar-refractivity contribution in [3.8, 4) is 0 Å². The van der Waals surface area contributed by atoms with Crippen LogP contribution in [-0.2, 0) is 14.3 Å². The first-order valence-electron chi connectivity index (χ1n) is 19.5. The van der Waals surface area contributed by atoms with Gasteiger partial charge in [-0.05, 0) is 83.5 Å². The molecule has 0 radical (unpaired) electrons. The molecule has 0 amide bonds. The van der Waals surface area contributed by atoms with E-state index >= 15 is 0 Å². The molecule has 0 spiro atoms. The van der Waals surface area contributed by atoms with E-state index in [0.29, 0.717) is 13.0 Å². The summed E-state index contributed by atoms with van der Waals surface area (Å²) in [5.41, 5.74) is 0. The molecule has 0 aliphatic heterocycles. The number of rotatable bonds is 35. The smallest absolute Gasteiger partial charge is 0.306 e. The fourth-order valence-electron chi connectivity index (χ4n) is 5.11. The normalized spacial score (nSPS) is 13.2. The summed E-state index contributed by atoms with van der Waals surface area (Å²) in [5.74, 6) is -0.223. The first-order chi connectivity index (χ1) is 23.2. The van der Waals surface area contributed by atoms with Gasteiger partial charge in [-0.1, -0.05) is 151 Å². The van der Waals surface area contributed by atoms with Crippen molar-refractivity contribution in [2.24, 2.45) is 0 Å². The topological polar surface area (TPSA) is 55.8 Å². The molecule has 0 heterocycles. The Kier molecular flexibility index (Phi) is 38.2. The largest absolute Gasteiger partial charge is 0.457 e. The number of aliphatic hydroxyl groups is 1. The molecule has 47 heavy (non-hydrogen) atoms. The van der Waals surface area contributed by atoms with Gasteiger partial charge in [0.1, 0.15) is 6.10 Å². The molecule has 1 N–H and O–H groups in total. The Labute approximate surface area is 291 Å². The van der Waals surface area contributed by atoms with Gasteiger partial charge in [-0.25, -0.2) is 0 Å². The Balaban J connectivity index is 3.56. The van der Waals surface area contributed by atoms with Gasteiger partial charge in [0.2, 0.25) is 0 Å². The molecule has 0 saturated heterocycles. The Hall–Kier alpha value is -2.17. The average Bonchev–Trinajstić information content (AvgIpc) is 3.08. The van der Waals surface area contributed by atoms with Crippen molar-refractivity contribution in [1.29, 1.82) is 0 Å². The highest BCUT2D eigenvalue weighted by Crippen LogP contribution is 2.12. The molecule has 0 aromatic heterocycles. The van der Waals surface area contributed by atoms with E-state index in [1.807, 2.05) is 0 Å². The van der Waals surface area contributed by atoms with E-state index in [2.05, 4.69) is 86.8 Å². The van der Waals surface area contributed by atoms with Crippen molar-refractivity contribution in [2.75, 3.05) is 19.8 Å². The molecule has 0 aromatic rings. The van der Waals surface area contributed by atoms with Crippen LogP contribution in [0.1, 0.15) is 168 Å². The molecular weight excluding hydrogens is 580 g/mol. The van der Waals surface area contributed by atoms with Crippen molar-refractivity contribution >= 4 is 5.97 Å². The van der Waals surface area contributed by atoms with Crippen LogP contribution in [0.5, 0.6) is 0 Å². The van der Waals surface area contributed by atoms with Gasteiger partial charge in [0, 0.05) is 13.0 Å². The summed E-state index contributed by atoms with van der Waals surface area (Å²) >= 11 is 0. The van der Waals surface area contributed by atoms with E-state index < -0.39 is 6.10 Å². The lowest BCUT2D eigenvalue weighted by atomic mass is 10.1. The van der Waals surface area contributed by atoms with Crippen molar-refractivity contribution in [3.05, 3.63) is 72.9 Å². The Morgan fingerprint density at radius 1 is 0.532 bits per heavy atom. The number of carbonyl (C=O) groups is 1. The monoisotopic (exact) mass is 655 g/mol. The number of hydrogen-bond donors (Lipinski definition) is 1. The molecule has 4 heteroatoms. The van der Waals surface area contributed by atoms with Crippen LogP contribution in [-0.4, -0.2) is 37.0 Å². The van der Waals surface area contributed by atoms with Gasteiger partial charge < -0.3 is 14.6 Å². The van der Waals surface area contributed by atoms with Crippen molar-refractivity contribution in [3.63, 3.8) is 0 Å². The summed E-state index contributed by atoms with van der Waals surface area (Å²) in [6, 6.07) is 0. The zero-order valence-corrected chi connectivity index (χ0v) is 30.8. The Bertz CT molecular complexity index is 820. The number of aliphatic hydroxyl groups excluding tert-OH is 1. The molecule has 1 unspecified atom stereocenters. The zero-order chi connectivity index (χ0) is 34.1. The molecule has 0 saturated carbocycles. The molecule has 0 bridgehead atoms. The van der Waals surface area contributed by atoms with Crippen LogP contribution in [0.4, 0.5) is 0 Å². The third-order valence-electron chi connectivity index (χ3n) is 8.02. The molecule has 0 aromatic carbocycles. The highest BCUT2D eigenvalue weighted by Gasteiger charge is 2.13. The van der Waals surface area contributed by atoms with Crippen LogP contribution < -0.4 is 0 Å². The summed E-state index contributed by atoms with van der Waals surface area (Å²) in [6.07, 6.45) is 53.8. The SMILES string of the molecule is CC/C=C\C/C=C\C/C=C\C/C=C\C/C=C\CCCCOCC(CO)OC(=O)CCCCCCCCC/C=C\CCCCCCCC. The minimum atomic E-state index is -0.562. The van der Waals surface area contributed by atoms with Gasteiger partial charge in [-0.15, -0.1) is 0 Å². The summed E-state index contributed by atoms with van der Waals surface area (Å²) < 4.78 is 11.1. The first kappa shape index (κ1) is 44.8. The standard InChI is InChI=1S/C43H74O4/c1-3-5-7-9-11-13-15-17-19-21-23-25-27-29-31-33-35-37-39-46-41-42(40-44)47-43(45)38-36-34-32-30-28-26-24-22-20-18-16-14-12-10-8-6-4-2/h5,7,11,13,17-20,23,25,29,31,42,44H,3-4,6,8-10,12,14-16,21-22,24,26-28,30,32-41H2,1-2H3/b7-5-,13-11-,19-17-,20-18-,25-23-,31-29-. The minimum absolute atomic E-state index is 0.194. The van der Waals surface area contributed by atoms with Gasteiger partial charge in [-0.2, -0.15) is 0 Å². The molecule has 0 rings (SSSR count). The van der Waals surface area contributed by atoms with E-state index in [0.717, 1.165) is 64.2 Å². The third-order valence-corrected chi connectivity index (χ3v) is 8.02. The number of carbonyl (C=O) groups excluding carboxylic acids is 1. The lowest BCUT2D eigenvalue weighted by Crippen LogP contribution is -2.27. The second kappa shape index (κ2) is 40.0. The Morgan fingerprint density at radius 3 is 1.47 bits per heavy atom. The number of unbranched alkanes of at least 4 members (excludes halogenated alkanes) is 15. The second-order valence-corrected chi connectivity index (χ2v) is 12.6. The van der Waals surface area contributed by atoms with Gasteiger partial charge in [0.05, 0.1) is 13.2 Å². The van der Waals surface area contributed by atoms with Crippen LogP contribution in [0.15, 0.2) is 72.9 Å². The summed E-state index contributed by atoms with van der Waals surface area (Å²) in [7, 11) is 0. The number of esters is 1. The highest BCUT2D eigenvalue weighted by atomic mass is 16.6. The van der Waals surface area contributed by atoms with Crippen LogP contribution in [0.3, 0.4) is 0 Å². The molecule has 0 aliphatic rings. The highest BCUT2D eigenvalue weighted by molar-refractivity contribution is 5.69.